The van der Waals surface area contributed by atoms with Crippen molar-refractivity contribution in [2.45, 2.75) is 19.9 Å². The van der Waals surface area contributed by atoms with Crippen LogP contribution in [0.4, 0.5) is 0 Å². The molecule has 2 rings (SSSR count). The molecule has 2 aromatic carbocycles. The third-order valence-corrected chi connectivity index (χ3v) is 4.48. The number of hydrogen-bond donors (Lipinski definition) is 1. The summed E-state index contributed by atoms with van der Waals surface area (Å²) in [7, 11) is 1.56. The Morgan fingerprint density at radius 2 is 2.04 bits per heavy atom. The Morgan fingerprint density at radius 3 is 2.67 bits per heavy atom. The lowest BCUT2D eigenvalue weighted by Gasteiger charge is -2.13. The maximum atomic E-state index is 12.3. The SMILES string of the molecule is CCCOc1c(I)cc(/C=C(\C#N)C(=O)NCc2ccccc2)cc1OC. The number of nitrogens with zero attached hydrogens (tertiary/aromatic N) is 1. The highest BCUT2D eigenvalue weighted by Gasteiger charge is 2.13. The smallest absolute Gasteiger partial charge is 0.262 e. The van der Waals surface area contributed by atoms with Crippen LogP contribution in [0.25, 0.3) is 6.08 Å². The molecule has 0 aliphatic heterocycles. The fourth-order valence-corrected chi connectivity index (χ4v) is 3.14. The Bertz CT molecular complexity index is 858. The van der Waals surface area contributed by atoms with E-state index in [1.54, 1.807) is 19.3 Å². The summed E-state index contributed by atoms with van der Waals surface area (Å²) < 4.78 is 12.0. The van der Waals surface area contributed by atoms with Crippen LogP contribution < -0.4 is 14.8 Å². The lowest BCUT2D eigenvalue weighted by Crippen LogP contribution is -2.23. The first-order valence-corrected chi connectivity index (χ1v) is 9.61. The maximum Gasteiger partial charge on any atom is 0.262 e. The van der Waals surface area contributed by atoms with E-state index in [1.165, 1.54) is 0 Å². The number of hydrogen-bond acceptors (Lipinski definition) is 4. The Hall–Kier alpha value is -2.53. The minimum Gasteiger partial charge on any atom is -0.493 e. The number of carbonyl (C=O) groups is 1. The number of amides is 1. The predicted octanol–water partition coefficient (Wildman–Crippen LogP) is 4.31. The zero-order chi connectivity index (χ0) is 19.6. The lowest BCUT2D eigenvalue weighted by atomic mass is 10.1. The zero-order valence-electron chi connectivity index (χ0n) is 15.3. The lowest BCUT2D eigenvalue weighted by molar-refractivity contribution is -0.117. The fraction of sp³-hybridized carbons (Fsp3) is 0.238. The van der Waals surface area contributed by atoms with Crippen LogP contribution in [-0.2, 0) is 11.3 Å². The summed E-state index contributed by atoms with van der Waals surface area (Å²) in [6.07, 6.45) is 2.44. The molecule has 2 aromatic rings. The van der Waals surface area contributed by atoms with Crippen molar-refractivity contribution in [2.75, 3.05) is 13.7 Å². The summed E-state index contributed by atoms with van der Waals surface area (Å²) in [5.41, 5.74) is 1.70. The molecular weight excluding hydrogens is 455 g/mol. The molecule has 0 atom stereocenters. The van der Waals surface area contributed by atoms with Gasteiger partial charge in [0.25, 0.3) is 5.91 Å². The molecule has 5 nitrogen and oxygen atoms in total. The maximum absolute atomic E-state index is 12.3. The third-order valence-electron chi connectivity index (χ3n) is 3.67. The van der Waals surface area contributed by atoms with E-state index in [2.05, 4.69) is 27.9 Å². The van der Waals surface area contributed by atoms with Gasteiger partial charge in [-0.1, -0.05) is 37.3 Å². The highest BCUT2D eigenvalue weighted by atomic mass is 127. The third kappa shape index (κ3) is 6.00. The van der Waals surface area contributed by atoms with Crippen molar-refractivity contribution in [3.63, 3.8) is 0 Å². The number of methoxy groups -OCH3 is 1. The monoisotopic (exact) mass is 476 g/mol. The minimum absolute atomic E-state index is 0.0333. The van der Waals surface area contributed by atoms with Crippen molar-refractivity contribution in [1.29, 1.82) is 5.26 Å². The minimum atomic E-state index is -0.415. The highest BCUT2D eigenvalue weighted by Crippen LogP contribution is 2.34. The van der Waals surface area contributed by atoms with Crippen molar-refractivity contribution in [2.24, 2.45) is 0 Å². The first kappa shape index (κ1) is 20.8. The van der Waals surface area contributed by atoms with Gasteiger partial charge in [0.1, 0.15) is 11.6 Å². The first-order valence-electron chi connectivity index (χ1n) is 8.53. The van der Waals surface area contributed by atoms with Crippen LogP contribution in [0.3, 0.4) is 0 Å². The van der Waals surface area contributed by atoms with Crippen LogP contribution in [0.2, 0.25) is 0 Å². The Kier molecular flexibility index (Phi) is 8.14. The van der Waals surface area contributed by atoms with E-state index in [-0.39, 0.29) is 5.57 Å². The van der Waals surface area contributed by atoms with Crippen molar-refractivity contribution in [3.8, 4) is 17.6 Å². The molecule has 0 aliphatic rings. The second kappa shape index (κ2) is 10.6. The van der Waals surface area contributed by atoms with Crippen LogP contribution >= 0.6 is 22.6 Å². The van der Waals surface area contributed by atoms with Gasteiger partial charge in [-0.15, -0.1) is 0 Å². The van der Waals surface area contributed by atoms with E-state index in [0.29, 0.717) is 30.2 Å². The molecular formula is C21H21IN2O3. The molecule has 0 aliphatic carbocycles. The van der Waals surface area contributed by atoms with Gasteiger partial charge in [0.15, 0.2) is 11.5 Å². The number of carbonyl (C=O) groups excluding carboxylic acids is 1. The predicted molar refractivity (Wildman–Crippen MR) is 113 cm³/mol. The first-order chi connectivity index (χ1) is 13.1. The Balaban J connectivity index is 2.19. The van der Waals surface area contributed by atoms with Gasteiger partial charge in [0.05, 0.1) is 17.3 Å². The molecule has 0 saturated heterocycles. The number of halogens is 1. The van der Waals surface area contributed by atoms with Crippen molar-refractivity contribution >= 4 is 34.6 Å². The van der Waals surface area contributed by atoms with Crippen molar-refractivity contribution in [3.05, 3.63) is 62.7 Å². The average Bonchev–Trinajstić information content (AvgIpc) is 2.69. The molecule has 0 unspecified atom stereocenters. The molecule has 0 aromatic heterocycles. The molecule has 27 heavy (non-hydrogen) atoms. The number of ether oxygens (including phenoxy) is 2. The second-order valence-corrected chi connectivity index (χ2v) is 6.88. The zero-order valence-corrected chi connectivity index (χ0v) is 17.4. The van der Waals surface area contributed by atoms with E-state index in [1.807, 2.05) is 49.4 Å². The number of nitriles is 1. The van der Waals surface area contributed by atoms with Gasteiger partial charge >= 0.3 is 0 Å². The molecule has 0 heterocycles. The van der Waals surface area contributed by atoms with Gasteiger partial charge in [0, 0.05) is 6.54 Å². The van der Waals surface area contributed by atoms with E-state index in [9.17, 15) is 10.1 Å². The Labute approximate surface area is 173 Å². The normalized spacial score (nSPS) is 10.8. The van der Waals surface area contributed by atoms with E-state index < -0.39 is 5.91 Å². The molecule has 0 fully saturated rings. The molecule has 140 valence electrons. The summed E-state index contributed by atoms with van der Waals surface area (Å²) in [6, 6.07) is 15.1. The van der Waals surface area contributed by atoms with Gasteiger partial charge in [-0.05, 0) is 58.3 Å². The van der Waals surface area contributed by atoms with Gasteiger partial charge in [-0.25, -0.2) is 0 Å². The Morgan fingerprint density at radius 1 is 1.30 bits per heavy atom. The second-order valence-electron chi connectivity index (χ2n) is 5.72. The molecule has 1 N–H and O–H groups in total. The van der Waals surface area contributed by atoms with Gasteiger partial charge in [0.2, 0.25) is 0 Å². The van der Waals surface area contributed by atoms with Crippen molar-refractivity contribution < 1.29 is 14.3 Å². The number of rotatable bonds is 8. The summed E-state index contributed by atoms with van der Waals surface area (Å²) >= 11 is 2.16. The van der Waals surface area contributed by atoms with Crippen LogP contribution in [0, 0.1) is 14.9 Å². The molecule has 6 heteroatoms. The summed E-state index contributed by atoms with van der Waals surface area (Å²) in [5.74, 6) is 0.828. The average molecular weight is 476 g/mol. The molecule has 0 bridgehead atoms. The standard InChI is InChI=1S/C21H21IN2O3/c1-3-9-27-20-18(22)11-16(12-19(20)26-2)10-17(13-23)21(25)24-14-15-7-5-4-6-8-15/h4-8,10-12H,3,9,14H2,1-2H3,(H,24,25)/b17-10+. The van der Waals surface area contributed by atoms with Crippen LogP contribution in [0.15, 0.2) is 48.0 Å². The molecule has 0 saturated carbocycles. The van der Waals surface area contributed by atoms with Crippen molar-refractivity contribution in [1.82, 2.24) is 5.32 Å². The molecule has 0 radical (unpaired) electrons. The number of nitrogens with one attached hydrogen (secondary N) is 1. The quantitative estimate of drug-likeness (QED) is 0.350. The van der Waals surface area contributed by atoms with Gasteiger partial charge in [-0.2, -0.15) is 5.26 Å². The highest BCUT2D eigenvalue weighted by molar-refractivity contribution is 14.1. The van der Waals surface area contributed by atoms with E-state index in [4.69, 9.17) is 9.47 Å². The largest absolute Gasteiger partial charge is 0.493 e. The summed E-state index contributed by atoms with van der Waals surface area (Å²) in [6.45, 7) is 2.99. The van der Waals surface area contributed by atoms with E-state index >= 15 is 0 Å². The summed E-state index contributed by atoms with van der Waals surface area (Å²) in [5, 5.41) is 12.1. The number of benzene rings is 2. The van der Waals surface area contributed by atoms with Gasteiger partial charge < -0.3 is 14.8 Å². The summed E-state index contributed by atoms with van der Waals surface area (Å²) in [4.78, 5) is 12.3. The molecule has 0 spiro atoms. The fourth-order valence-electron chi connectivity index (χ4n) is 2.36. The topological polar surface area (TPSA) is 71.3 Å². The molecule has 1 amide bonds. The van der Waals surface area contributed by atoms with E-state index in [0.717, 1.165) is 15.6 Å². The van der Waals surface area contributed by atoms with Crippen LogP contribution in [0.1, 0.15) is 24.5 Å². The van der Waals surface area contributed by atoms with Crippen LogP contribution in [-0.4, -0.2) is 19.6 Å². The van der Waals surface area contributed by atoms with Gasteiger partial charge in [-0.3, -0.25) is 4.79 Å². The van der Waals surface area contributed by atoms with Crippen LogP contribution in [0.5, 0.6) is 11.5 Å².